The topological polar surface area (TPSA) is 66.7 Å². The first kappa shape index (κ1) is 16.8. The Morgan fingerprint density at radius 1 is 1.27 bits per heavy atom. The molecule has 0 saturated carbocycles. The molecule has 2 aliphatic heterocycles. The third-order valence-corrected chi connectivity index (χ3v) is 5.53. The van der Waals surface area contributed by atoms with Crippen LogP contribution in [0.4, 0.5) is 0 Å². The molecule has 4 heterocycles. The van der Waals surface area contributed by atoms with Crippen LogP contribution >= 0.6 is 0 Å². The van der Waals surface area contributed by atoms with Crippen LogP contribution in [-0.4, -0.2) is 46.2 Å². The van der Waals surface area contributed by atoms with E-state index in [1.54, 1.807) is 11.0 Å². The Balaban J connectivity index is 1.48. The fraction of sp³-hybridized carbons (Fsp3) is 0.450. The van der Waals surface area contributed by atoms with Crippen molar-refractivity contribution in [2.45, 2.75) is 32.7 Å². The molecule has 1 atom stereocenters. The molecule has 1 spiro atoms. The van der Waals surface area contributed by atoms with Gasteiger partial charge in [0.2, 0.25) is 5.91 Å². The molecule has 0 aromatic carbocycles. The molecular formula is C20H23N3O3. The highest BCUT2D eigenvalue weighted by Crippen LogP contribution is 2.41. The Kier molecular flexibility index (Phi) is 4.26. The second-order valence-corrected chi connectivity index (χ2v) is 7.37. The molecule has 4 rings (SSSR count). The number of furan rings is 1. The Morgan fingerprint density at radius 3 is 2.92 bits per heavy atom. The molecule has 2 saturated heterocycles. The van der Waals surface area contributed by atoms with Crippen molar-refractivity contribution < 1.29 is 14.0 Å². The SMILES string of the molecule is Cc1cccc(CN2CC[C@@]3(CCCN(C(=O)c4ccoc4)C3)C2=O)n1. The number of aryl methyl sites for hydroxylation is 1. The zero-order chi connectivity index (χ0) is 18.1. The Morgan fingerprint density at radius 2 is 2.15 bits per heavy atom. The number of hydrogen-bond acceptors (Lipinski definition) is 4. The molecule has 0 N–H and O–H groups in total. The summed E-state index contributed by atoms with van der Waals surface area (Å²) in [5.74, 6) is 0.106. The molecule has 26 heavy (non-hydrogen) atoms. The second kappa shape index (κ2) is 6.59. The van der Waals surface area contributed by atoms with E-state index in [9.17, 15) is 9.59 Å². The van der Waals surface area contributed by atoms with E-state index >= 15 is 0 Å². The normalized spacial score (nSPS) is 23.0. The zero-order valence-electron chi connectivity index (χ0n) is 15.0. The van der Waals surface area contributed by atoms with Crippen molar-refractivity contribution >= 4 is 11.8 Å². The largest absolute Gasteiger partial charge is 0.472 e. The van der Waals surface area contributed by atoms with Crippen LogP contribution in [0.3, 0.4) is 0 Å². The lowest BCUT2D eigenvalue weighted by Crippen LogP contribution is -2.49. The van der Waals surface area contributed by atoms with E-state index in [4.69, 9.17) is 4.42 Å². The molecule has 2 aliphatic rings. The lowest BCUT2D eigenvalue weighted by molar-refractivity contribution is -0.138. The highest BCUT2D eigenvalue weighted by Gasteiger charge is 2.49. The second-order valence-electron chi connectivity index (χ2n) is 7.37. The minimum atomic E-state index is -0.443. The molecule has 0 bridgehead atoms. The van der Waals surface area contributed by atoms with E-state index in [2.05, 4.69) is 4.98 Å². The minimum absolute atomic E-state index is 0.0515. The van der Waals surface area contributed by atoms with E-state index in [1.807, 2.05) is 30.0 Å². The molecule has 6 heteroatoms. The van der Waals surface area contributed by atoms with Gasteiger partial charge in [0.05, 0.1) is 29.5 Å². The summed E-state index contributed by atoms with van der Waals surface area (Å²) in [6.07, 6.45) is 5.47. The van der Waals surface area contributed by atoms with Gasteiger partial charge in [-0.1, -0.05) is 6.07 Å². The molecule has 2 amide bonds. The van der Waals surface area contributed by atoms with Crippen molar-refractivity contribution in [3.63, 3.8) is 0 Å². The first-order valence-corrected chi connectivity index (χ1v) is 9.11. The van der Waals surface area contributed by atoms with Gasteiger partial charge in [-0.05, 0) is 44.4 Å². The van der Waals surface area contributed by atoms with Crippen molar-refractivity contribution in [1.29, 1.82) is 0 Å². The summed E-state index contributed by atoms with van der Waals surface area (Å²) in [7, 11) is 0. The number of pyridine rings is 1. The summed E-state index contributed by atoms with van der Waals surface area (Å²) >= 11 is 0. The highest BCUT2D eigenvalue weighted by atomic mass is 16.3. The van der Waals surface area contributed by atoms with Crippen molar-refractivity contribution in [3.8, 4) is 0 Å². The first-order valence-electron chi connectivity index (χ1n) is 9.11. The number of rotatable bonds is 3. The van der Waals surface area contributed by atoms with Crippen LogP contribution < -0.4 is 0 Å². The molecule has 0 aliphatic carbocycles. The Labute approximate surface area is 152 Å². The van der Waals surface area contributed by atoms with Crippen molar-refractivity contribution in [2.75, 3.05) is 19.6 Å². The average molecular weight is 353 g/mol. The number of carbonyl (C=O) groups excluding carboxylic acids is 2. The van der Waals surface area contributed by atoms with Crippen LogP contribution in [0, 0.1) is 12.3 Å². The van der Waals surface area contributed by atoms with Crippen molar-refractivity contribution in [2.24, 2.45) is 5.41 Å². The maximum Gasteiger partial charge on any atom is 0.257 e. The molecule has 6 nitrogen and oxygen atoms in total. The van der Waals surface area contributed by atoms with Gasteiger partial charge in [-0.2, -0.15) is 0 Å². The Bertz CT molecular complexity index is 817. The number of hydrogen-bond donors (Lipinski definition) is 0. The lowest BCUT2D eigenvalue weighted by atomic mass is 9.78. The van der Waals surface area contributed by atoms with E-state index in [0.717, 1.165) is 37.2 Å². The fourth-order valence-electron chi connectivity index (χ4n) is 4.18. The Hall–Kier alpha value is -2.63. The van der Waals surface area contributed by atoms with Gasteiger partial charge >= 0.3 is 0 Å². The van der Waals surface area contributed by atoms with Crippen LogP contribution in [0.15, 0.2) is 41.2 Å². The zero-order valence-corrected chi connectivity index (χ0v) is 15.0. The molecule has 2 aromatic rings. The van der Waals surface area contributed by atoms with Gasteiger partial charge < -0.3 is 14.2 Å². The first-order chi connectivity index (χ1) is 12.6. The summed E-state index contributed by atoms with van der Waals surface area (Å²) in [6, 6.07) is 7.56. The molecule has 2 fully saturated rings. The van der Waals surface area contributed by atoms with Crippen LogP contribution in [-0.2, 0) is 11.3 Å². The molecule has 0 radical (unpaired) electrons. The van der Waals surface area contributed by atoms with Gasteiger partial charge in [-0.15, -0.1) is 0 Å². The van der Waals surface area contributed by atoms with Crippen molar-refractivity contribution in [3.05, 3.63) is 53.7 Å². The summed E-state index contributed by atoms with van der Waals surface area (Å²) in [5, 5.41) is 0. The summed E-state index contributed by atoms with van der Waals surface area (Å²) in [5.41, 5.74) is 1.98. The van der Waals surface area contributed by atoms with Crippen molar-refractivity contribution in [1.82, 2.24) is 14.8 Å². The van der Waals surface area contributed by atoms with Crippen LogP contribution in [0.5, 0.6) is 0 Å². The summed E-state index contributed by atoms with van der Waals surface area (Å²) in [4.78, 5) is 34.0. The third kappa shape index (κ3) is 3.00. The van der Waals surface area contributed by atoms with Gasteiger partial charge in [-0.3, -0.25) is 14.6 Å². The van der Waals surface area contributed by atoms with Crippen LogP contribution in [0.25, 0.3) is 0 Å². The third-order valence-electron chi connectivity index (χ3n) is 5.53. The molecule has 0 unspecified atom stereocenters. The van der Waals surface area contributed by atoms with Gasteiger partial charge in [-0.25, -0.2) is 0 Å². The maximum atomic E-state index is 13.2. The average Bonchev–Trinajstić information content (AvgIpc) is 3.27. The maximum absolute atomic E-state index is 13.2. The van der Waals surface area contributed by atoms with E-state index < -0.39 is 5.41 Å². The van der Waals surface area contributed by atoms with E-state index in [0.29, 0.717) is 25.2 Å². The summed E-state index contributed by atoms with van der Waals surface area (Å²) in [6.45, 7) is 4.41. The summed E-state index contributed by atoms with van der Waals surface area (Å²) < 4.78 is 5.03. The predicted molar refractivity (Wildman–Crippen MR) is 95.3 cm³/mol. The number of piperidine rings is 1. The van der Waals surface area contributed by atoms with E-state index in [1.165, 1.54) is 12.5 Å². The number of carbonyl (C=O) groups is 2. The predicted octanol–water partition coefficient (Wildman–Crippen LogP) is 2.64. The smallest absolute Gasteiger partial charge is 0.257 e. The lowest BCUT2D eigenvalue weighted by Gasteiger charge is -2.38. The van der Waals surface area contributed by atoms with Crippen LogP contribution in [0.2, 0.25) is 0 Å². The number of nitrogens with zero attached hydrogens (tertiary/aromatic N) is 3. The monoisotopic (exact) mass is 353 g/mol. The van der Waals surface area contributed by atoms with Gasteiger partial charge in [0.25, 0.3) is 5.91 Å². The minimum Gasteiger partial charge on any atom is -0.472 e. The van der Waals surface area contributed by atoms with Gasteiger partial charge in [0.15, 0.2) is 0 Å². The number of likely N-dealkylation sites (tertiary alicyclic amines) is 2. The van der Waals surface area contributed by atoms with Gasteiger partial charge in [0.1, 0.15) is 6.26 Å². The quantitative estimate of drug-likeness (QED) is 0.851. The number of amides is 2. The molecule has 2 aromatic heterocycles. The molecule has 136 valence electrons. The van der Waals surface area contributed by atoms with Crippen LogP contribution in [0.1, 0.15) is 41.0 Å². The molecular weight excluding hydrogens is 330 g/mol. The standard InChI is InChI=1S/C20H23N3O3/c1-15-4-2-5-17(21-15)12-22-10-8-20(19(22)25)7-3-9-23(14-20)18(24)16-6-11-26-13-16/h2,4-6,11,13H,3,7-10,12,14H2,1H3/t20-/m1/s1. The van der Waals surface area contributed by atoms with Gasteiger partial charge in [0, 0.05) is 25.3 Å². The highest BCUT2D eigenvalue weighted by molar-refractivity contribution is 5.95. The fourth-order valence-corrected chi connectivity index (χ4v) is 4.18. The van der Waals surface area contributed by atoms with E-state index in [-0.39, 0.29) is 11.8 Å². The number of aromatic nitrogens is 1.